The predicted molar refractivity (Wildman–Crippen MR) is 102 cm³/mol. The lowest BCUT2D eigenvalue weighted by molar-refractivity contribution is -0.117. The highest BCUT2D eigenvalue weighted by Crippen LogP contribution is 2.32. The van der Waals surface area contributed by atoms with Crippen molar-refractivity contribution in [3.05, 3.63) is 42.6 Å². The Bertz CT molecular complexity index is 787. The van der Waals surface area contributed by atoms with Crippen LogP contribution in [-0.2, 0) is 4.79 Å². The van der Waals surface area contributed by atoms with Crippen molar-refractivity contribution in [1.82, 2.24) is 9.88 Å². The van der Waals surface area contributed by atoms with Crippen molar-refractivity contribution in [1.29, 1.82) is 0 Å². The first kappa shape index (κ1) is 16.8. The second-order valence-electron chi connectivity index (χ2n) is 6.87. The van der Waals surface area contributed by atoms with Gasteiger partial charge in [0.2, 0.25) is 11.8 Å². The average molecular weight is 352 g/mol. The Morgan fingerprint density at radius 2 is 1.88 bits per heavy atom. The lowest BCUT2D eigenvalue weighted by atomic mass is 10.2. The van der Waals surface area contributed by atoms with Crippen LogP contribution in [0.5, 0.6) is 11.6 Å². The minimum atomic E-state index is 0.179. The number of benzene rings is 1. The normalized spacial score (nSPS) is 18.4. The molecule has 136 valence electrons. The molecule has 0 unspecified atom stereocenters. The molecule has 1 aromatic heterocycles. The van der Waals surface area contributed by atoms with Gasteiger partial charge in [-0.25, -0.2) is 4.98 Å². The first-order valence-electron chi connectivity index (χ1n) is 9.17. The highest BCUT2D eigenvalue weighted by atomic mass is 16.5. The molecule has 1 amide bonds. The molecule has 0 bridgehead atoms. The van der Waals surface area contributed by atoms with E-state index in [4.69, 9.17) is 4.74 Å². The van der Waals surface area contributed by atoms with Crippen LogP contribution in [0.4, 0.5) is 11.4 Å². The van der Waals surface area contributed by atoms with Gasteiger partial charge in [-0.15, -0.1) is 0 Å². The lowest BCUT2D eigenvalue weighted by Crippen LogP contribution is -2.44. The van der Waals surface area contributed by atoms with Crippen LogP contribution < -0.4 is 14.5 Å². The van der Waals surface area contributed by atoms with Gasteiger partial charge < -0.3 is 19.4 Å². The van der Waals surface area contributed by atoms with E-state index in [2.05, 4.69) is 27.9 Å². The molecular formula is C20H24N4O2. The smallest absolute Gasteiger partial charge is 0.243 e. The fourth-order valence-electron chi connectivity index (χ4n) is 3.50. The molecule has 4 rings (SSSR count). The van der Waals surface area contributed by atoms with Gasteiger partial charge in [0.25, 0.3) is 0 Å². The summed E-state index contributed by atoms with van der Waals surface area (Å²) in [7, 11) is 2.14. The topological polar surface area (TPSA) is 48.9 Å². The molecule has 26 heavy (non-hydrogen) atoms. The Labute approximate surface area is 154 Å². The summed E-state index contributed by atoms with van der Waals surface area (Å²) >= 11 is 0. The predicted octanol–water partition coefficient (Wildman–Crippen LogP) is 2.75. The molecule has 0 atom stereocenters. The summed E-state index contributed by atoms with van der Waals surface area (Å²) in [6, 6.07) is 11.7. The van der Waals surface area contributed by atoms with Crippen LogP contribution in [0.15, 0.2) is 42.6 Å². The van der Waals surface area contributed by atoms with Gasteiger partial charge in [-0.05, 0) is 37.7 Å². The van der Waals surface area contributed by atoms with E-state index in [0.717, 1.165) is 50.5 Å². The van der Waals surface area contributed by atoms with Gasteiger partial charge in [-0.3, -0.25) is 4.79 Å². The first-order chi connectivity index (χ1) is 12.7. The molecule has 2 aliphatic rings. The standard InChI is InChI=1S/C20H24N4O2/c1-22-11-13-23(14-12-22)18-7-3-9-21-20(18)26-17-6-2-5-16(15-17)24-10-4-8-19(24)25/h2-3,5-7,9,15H,4,8,10-14H2,1H3. The molecule has 3 heterocycles. The summed E-state index contributed by atoms with van der Waals surface area (Å²) in [6.07, 6.45) is 3.29. The Kier molecular flexibility index (Phi) is 4.75. The van der Waals surface area contributed by atoms with E-state index in [1.807, 2.05) is 35.2 Å². The average Bonchev–Trinajstić information content (AvgIpc) is 3.09. The lowest BCUT2D eigenvalue weighted by Gasteiger charge is -2.34. The number of rotatable bonds is 4. The quantitative estimate of drug-likeness (QED) is 0.847. The second-order valence-corrected chi connectivity index (χ2v) is 6.87. The van der Waals surface area contributed by atoms with Gasteiger partial charge in [0.15, 0.2) is 0 Å². The van der Waals surface area contributed by atoms with E-state index >= 15 is 0 Å². The number of piperazine rings is 1. The molecule has 2 aliphatic heterocycles. The number of aromatic nitrogens is 1. The zero-order chi connectivity index (χ0) is 17.9. The maximum absolute atomic E-state index is 12.0. The van der Waals surface area contributed by atoms with Gasteiger partial charge in [-0.1, -0.05) is 6.07 Å². The summed E-state index contributed by atoms with van der Waals surface area (Å²) in [4.78, 5) is 22.9. The number of anilines is 2. The number of hydrogen-bond donors (Lipinski definition) is 0. The van der Waals surface area contributed by atoms with E-state index < -0.39 is 0 Å². The Hall–Kier alpha value is -2.60. The molecule has 1 aromatic carbocycles. The third-order valence-corrected chi connectivity index (χ3v) is 5.01. The molecule has 0 radical (unpaired) electrons. The molecule has 0 saturated carbocycles. The SMILES string of the molecule is CN1CCN(c2cccnc2Oc2cccc(N3CCCC3=O)c2)CC1. The van der Waals surface area contributed by atoms with Gasteiger partial charge in [0.05, 0.1) is 0 Å². The van der Waals surface area contributed by atoms with E-state index in [1.165, 1.54) is 0 Å². The third-order valence-electron chi connectivity index (χ3n) is 5.01. The van der Waals surface area contributed by atoms with Crippen LogP contribution >= 0.6 is 0 Å². The zero-order valence-corrected chi connectivity index (χ0v) is 15.1. The van der Waals surface area contributed by atoms with Crippen LogP contribution in [-0.4, -0.2) is 55.6 Å². The number of carbonyl (C=O) groups excluding carboxylic acids is 1. The molecule has 0 N–H and O–H groups in total. The fraction of sp³-hybridized carbons (Fsp3) is 0.400. The van der Waals surface area contributed by atoms with Crippen molar-refractivity contribution in [2.24, 2.45) is 0 Å². The van der Waals surface area contributed by atoms with E-state index in [0.29, 0.717) is 18.1 Å². The Balaban J connectivity index is 1.55. The molecular weight excluding hydrogens is 328 g/mol. The highest BCUT2D eigenvalue weighted by Gasteiger charge is 2.22. The number of carbonyl (C=O) groups is 1. The first-order valence-corrected chi connectivity index (χ1v) is 9.17. The Morgan fingerprint density at radius 3 is 2.65 bits per heavy atom. The van der Waals surface area contributed by atoms with Gasteiger partial charge in [-0.2, -0.15) is 0 Å². The van der Waals surface area contributed by atoms with E-state index in [-0.39, 0.29) is 5.91 Å². The monoisotopic (exact) mass is 352 g/mol. The Morgan fingerprint density at radius 1 is 1.04 bits per heavy atom. The largest absolute Gasteiger partial charge is 0.437 e. The number of nitrogens with zero attached hydrogens (tertiary/aromatic N) is 4. The van der Waals surface area contributed by atoms with Crippen molar-refractivity contribution >= 4 is 17.3 Å². The molecule has 2 saturated heterocycles. The molecule has 6 heteroatoms. The van der Waals surface area contributed by atoms with Crippen LogP contribution in [0.25, 0.3) is 0 Å². The minimum absolute atomic E-state index is 0.179. The summed E-state index contributed by atoms with van der Waals surface area (Å²) in [5, 5.41) is 0. The van der Waals surface area contributed by atoms with Crippen molar-refractivity contribution in [3.8, 4) is 11.6 Å². The van der Waals surface area contributed by atoms with Crippen LogP contribution in [0, 0.1) is 0 Å². The van der Waals surface area contributed by atoms with E-state index in [9.17, 15) is 4.79 Å². The number of hydrogen-bond acceptors (Lipinski definition) is 5. The zero-order valence-electron chi connectivity index (χ0n) is 15.1. The number of amides is 1. The maximum Gasteiger partial charge on any atom is 0.243 e. The molecule has 6 nitrogen and oxygen atoms in total. The van der Waals surface area contributed by atoms with E-state index in [1.54, 1.807) is 6.20 Å². The second kappa shape index (κ2) is 7.33. The molecule has 0 aliphatic carbocycles. The van der Waals surface area contributed by atoms with Crippen LogP contribution in [0.2, 0.25) is 0 Å². The van der Waals surface area contributed by atoms with Crippen molar-refractivity contribution < 1.29 is 9.53 Å². The number of pyridine rings is 1. The summed E-state index contributed by atoms with van der Waals surface area (Å²) in [5.41, 5.74) is 1.91. The van der Waals surface area contributed by atoms with Crippen molar-refractivity contribution in [2.75, 3.05) is 49.6 Å². The van der Waals surface area contributed by atoms with Crippen molar-refractivity contribution in [2.45, 2.75) is 12.8 Å². The molecule has 0 spiro atoms. The number of ether oxygens (including phenoxy) is 1. The van der Waals surface area contributed by atoms with Crippen LogP contribution in [0.1, 0.15) is 12.8 Å². The van der Waals surface area contributed by atoms with Gasteiger partial charge in [0, 0.05) is 57.1 Å². The fourth-order valence-corrected chi connectivity index (χ4v) is 3.50. The minimum Gasteiger partial charge on any atom is -0.437 e. The summed E-state index contributed by atoms with van der Waals surface area (Å²) in [6.45, 7) is 4.75. The van der Waals surface area contributed by atoms with Gasteiger partial charge in [0.1, 0.15) is 11.4 Å². The number of likely N-dealkylation sites (N-methyl/N-ethyl adjacent to an activating group) is 1. The van der Waals surface area contributed by atoms with Crippen LogP contribution in [0.3, 0.4) is 0 Å². The van der Waals surface area contributed by atoms with Gasteiger partial charge >= 0.3 is 0 Å². The summed E-state index contributed by atoms with van der Waals surface area (Å²) < 4.78 is 6.12. The maximum atomic E-state index is 12.0. The van der Waals surface area contributed by atoms with Crippen molar-refractivity contribution in [3.63, 3.8) is 0 Å². The third kappa shape index (κ3) is 3.51. The summed E-state index contributed by atoms with van der Waals surface area (Å²) in [5.74, 6) is 1.50. The molecule has 2 aromatic rings. The molecule has 2 fully saturated rings. The highest BCUT2D eigenvalue weighted by molar-refractivity contribution is 5.95.